The van der Waals surface area contributed by atoms with Gasteiger partial charge in [0.25, 0.3) is 0 Å². The molecule has 0 aliphatic rings. The smallest absolute Gasteiger partial charge is 0.243 e. The fourth-order valence-electron chi connectivity index (χ4n) is 2.34. The van der Waals surface area contributed by atoms with E-state index in [0.29, 0.717) is 17.2 Å². The molecule has 140 valence electrons. The molecule has 0 aliphatic carbocycles. The predicted molar refractivity (Wildman–Crippen MR) is 102 cm³/mol. The summed E-state index contributed by atoms with van der Waals surface area (Å²) in [6, 6.07) is 0. The van der Waals surface area contributed by atoms with E-state index in [0.717, 1.165) is 32.2 Å². The zero-order valence-corrected chi connectivity index (χ0v) is 16.6. The molecule has 0 aromatic heterocycles. The molecule has 0 fully saturated rings. The summed E-state index contributed by atoms with van der Waals surface area (Å²) in [6.45, 7) is 4.55. The van der Waals surface area contributed by atoms with Gasteiger partial charge in [-0.05, 0) is 25.1 Å². The van der Waals surface area contributed by atoms with Crippen LogP contribution in [0.1, 0.15) is 51.4 Å². The number of likely N-dealkylation sites (N-methyl/N-ethyl adjacent to an activating group) is 1. The van der Waals surface area contributed by atoms with E-state index in [1.807, 2.05) is 21.1 Å². The van der Waals surface area contributed by atoms with Crippen molar-refractivity contribution in [3.8, 4) is 0 Å². The first-order chi connectivity index (χ1) is 11.3. The lowest BCUT2D eigenvalue weighted by Gasteiger charge is -2.23. The van der Waals surface area contributed by atoms with Crippen LogP contribution in [0.4, 0.5) is 0 Å². The van der Waals surface area contributed by atoms with Crippen molar-refractivity contribution in [2.45, 2.75) is 51.4 Å². The van der Waals surface area contributed by atoms with E-state index in [2.05, 4.69) is 11.9 Å². The highest BCUT2D eigenvalue weighted by atomic mass is 31.1. The lowest BCUT2D eigenvalue weighted by molar-refractivity contribution is -0.861. The van der Waals surface area contributed by atoms with E-state index < -0.39 is 8.15 Å². The molecule has 0 radical (unpaired) electrons. The van der Waals surface area contributed by atoms with E-state index in [-0.39, 0.29) is 11.4 Å². The molecule has 1 unspecified atom stereocenters. The molecule has 1 atom stereocenters. The number of carbonyl (C=O) groups is 2. The Bertz CT molecular complexity index is 381. The fraction of sp³-hybridized carbons (Fsp3) is 0.778. The minimum atomic E-state index is -1.44. The van der Waals surface area contributed by atoms with Gasteiger partial charge >= 0.3 is 0 Å². The Kier molecular flexibility index (Phi) is 13.1. The summed E-state index contributed by atoms with van der Waals surface area (Å²) in [5.41, 5.74) is 0.0149. The average molecular weight is 359 g/mol. The van der Waals surface area contributed by atoms with Crippen LogP contribution in [0, 0.1) is 0 Å². The van der Waals surface area contributed by atoms with Crippen LogP contribution in [-0.4, -0.2) is 61.2 Å². The van der Waals surface area contributed by atoms with Crippen LogP contribution >= 0.6 is 8.15 Å². The largest absolute Gasteiger partial charge is 0.366 e. The lowest BCUT2D eigenvalue weighted by atomic mass is 10.1. The number of quaternary nitrogens is 1. The molecule has 0 spiro atoms. The highest BCUT2D eigenvalue weighted by Crippen LogP contribution is 2.33. The van der Waals surface area contributed by atoms with Gasteiger partial charge in [0.15, 0.2) is 0 Å². The van der Waals surface area contributed by atoms with Gasteiger partial charge in [0.2, 0.25) is 11.4 Å². The third-order valence-electron chi connectivity index (χ3n) is 3.68. The molecule has 0 aromatic rings. The van der Waals surface area contributed by atoms with Gasteiger partial charge in [-0.3, -0.25) is 9.59 Å². The van der Waals surface area contributed by atoms with Gasteiger partial charge in [-0.1, -0.05) is 45.1 Å². The Morgan fingerprint density at radius 1 is 1.00 bits per heavy atom. The predicted octanol–water partition coefficient (Wildman–Crippen LogP) is 3.03. The topological polar surface area (TPSA) is 66.4 Å². The van der Waals surface area contributed by atoms with Gasteiger partial charge in [0, 0.05) is 6.54 Å². The van der Waals surface area contributed by atoms with Gasteiger partial charge in [-0.2, -0.15) is 0 Å². The van der Waals surface area contributed by atoms with Gasteiger partial charge < -0.3 is 14.7 Å². The number of hydrogen-bond acceptors (Lipinski definition) is 3. The maximum absolute atomic E-state index is 11.8. The molecule has 0 bridgehead atoms. The molecule has 0 aliphatic heterocycles. The van der Waals surface area contributed by atoms with Crippen molar-refractivity contribution < 1.29 is 19.0 Å². The van der Waals surface area contributed by atoms with E-state index in [4.69, 9.17) is 0 Å². The summed E-state index contributed by atoms with van der Waals surface area (Å²) in [5.74, 6) is -0.0984. The summed E-state index contributed by atoms with van der Waals surface area (Å²) in [5, 5.41) is 2.78. The van der Waals surface area contributed by atoms with E-state index in [1.54, 1.807) is 0 Å². The van der Waals surface area contributed by atoms with Crippen LogP contribution in [0.25, 0.3) is 0 Å². The Hall–Kier alpha value is -0.770. The molecule has 0 saturated heterocycles. The van der Waals surface area contributed by atoms with Crippen LogP contribution < -0.4 is 5.32 Å². The van der Waals surface area contributed by atoms with E-state index >= 15 is 0 Å². The fourth-order valence-corrected chi connectivity index (χ4v) is 3.70. The number of nitrogens with zero attached hydrogens (tertiary/aromatic N) is 1. The van der Waals surface area contributed by atoms with E-state index in [1.165, 1.54) is 31.8 Å². The minimum Gasteiger partial charge on any atom is -0.366 e. The minimum absolute atomic E-state index is 0.0149. The summed E-state index contributed by atoms with van der Waals surface area (Å²) >= 11 is 0. The first kappa shape index (κ1) is 23.2. The van der Waals surface area contributed by atoms with Gasteiger partial charge in [0.1, 0.15) is 14.7 Å². The van der Waals surface area contributed by atoms with Crippen LogP contribution in [0.2, 0.25) is 0 Å². The standard InChI is InChI=1S/C18H35N2O3P/c1-5-17(21)19-14-12-10-8-6-7-9-11-13-15-24(23)18(22)16-20(2,3)4/h5,23H,1,6-16H2,2-4H3/p+1. The molecule has 0 aromatic carbocycles. The van der Waals surface area contributed by atoms with Crippen molar-refractivity contribution in [3.63, 3.8) is 0 Å². The number of carbonyl (C=O) groups excluding carboxylic acids is 2. The summed E-state index contributed by atoms with van der Waals surface area (Å²) in [7, 11) is 4.46. The quantitative estimate of drug-likeness (QED) is 0.204. The normalized spacial score (nSPS) is 12.7. The summed E-state index contributed by atoms with van der Waals surface area (Å²) in [4.78, 5) is 32.7. The number of rotatable bonds is 15. The average Bonchev–Trinajstić information content (AvgIpc) is 2.50. The maximum Gasteiger partial charge on any atom is 0.243 e. The molecule has 2 N–H and O–H groups in total. The summed E-state index contributed by atoms with van der Waals surface area (Å²) < 4.78 is 0.579. The monoisotopic (exact) mass is 359 g/mol. The Morgan fingerprint density at radius 2 is 1.50 bits per heavy atom. The molecular weight excluding hydrogens is 323 g/mol. The maximum atomic E-state index is 11.8. The second kappa shape index (κ2) is 13.5. The molecule has 0 saturated carbocycles. The van der Waals surface area contributed by atoms with Crippen molar-refractivity contribution >= 4 is 19.6 Å². The van der Waals surface area contributed by atoms with Crippen molar-refractivity contribution in [1.29, 1.82) is 0 Å². The first-order valence-corrected chi connectivity index (χ1v) is 10.4. The zero-order valence-electron chi connectivity index (χ0n) is 15.7. The van der Waals surface area contributed by atoms with Crippen molar-refractivity contribution in [2.75, 3.05) is 40.4 Å². The summed E-state index contributed by atoms with van der Waals surface area (Å²) in [6.07, 6.45) is 10.9. The molecule has 5 nitrogen and oxygen atoms in total. The van der Waals surface area contributed by atoms with Crippen LogP contribution in [0.3, 0.4) is 0 Å². The Labute approximate surface area is 148 Å². The van der Waals surface area contributed by atoms with Crippen LogP contribution in [-0.2, 0) is 9.59 Å². The van der Waals surface area contributed by atoms with Crippen molar-refractivity contribution in [2.24, 2.45) is 0 Å². The molecule has 1 amide bonds. The highest BCUT2D eigenvalue weighted by Gasteiger charge is 2.21. The van der Waals surface area contributed by atoms with Gasteiger partial charge in [0.05, 0.1) is 21.1 Å². The van der Waals surface area contributed by atoms with Gasteiger partial charge in [-0.25, -0.2) is 0 Å². The van der Waals surface area contributed by atoms with Crippen LogP contribution in [0.5, 0.6) is 0 Å². The number of nitrogens with one attached hydrogen (secondary N) is 1. The Balaban J connectivity index is 3.40. The molecule has 24 heavy (non-hydrogen) atoms. The number of amides is 1. The second-order valence-electron chi connectivity index (χ2n) is 7.29. The van der Waals surface area contributed by atoms with Gasteiger partial charge in [-0.15, -0.1) is 0 Å². The molecule has 0 rings (SSSR count). The molecule has 6 heteroatoms. The third kappa shape index (κ3) is 14.8. The SMILES string of the molecule is C=CC(=O)NCCCCCCCCCCP(O)C(=O)C[N+](C)(C)C. The lowest BCUT2D eigenvalue weighted by Crippen LogP contribution is -2.39. The second-order valence-corrected chi connectivity index (χ2v) is 9.03. The number of hydrogen-bond donors (Lipinski definition) is 2. The molecular formula is C18H36N2O3P+. The third-order valence-corrected chi connectivity index (χ3v) is 5.14. The first-order valence-electron chi connectivity index (χ1n) is 8.96. The number of unbranched alkanes of at least 4 members (excludes halogenated alkanes) is 7. The molecule has 0 heterocycles. The van der Waals surface area contributed by atoms with Crippen molar-refractivity contribution in [1.82, 2.24) is 5.32 Å². The van der Waals surface area contributed by atoms with E-state index in [9.17, 15) is 14.5 Å². The highest BCUT2D eigenvalue weighted by molar-refractivity contribution is 7.69. The van der Waals surface area contributed by atoms with Crippen LogP contribution in [0.15, 0.2) is 12.7 Å². The van der Waals surface area contributed by atoms with Crippen molar-refractivity contribution in [3.05, 3.63) is 12.7 Å². The zero-order chi connectivity index (χ0) is 18.4. The Morgan fingerprint density at radius 3 is 2.00 bits per heavy atom.